The second-order valence-corrected chi connectivity index (χ2v) is 12.2. The number of pyridine rings is 1. The first-order valence-electron chi connectivity index (χ1n) is 13.6. The van der Waals surface area contributed by atoms with E-state index < -0.39 is 16.1 Å². The van der Waals surface area contributed by atoms with Crippen LogP contribution in [-0.4, -0.2) is 59.5 Å². The zero-order chi connectivity index (χ0) is 29.0. The fraction of sp³-hybridized carbons (Fsp3) is 0.400. The Hall–Kier alpha value is -3.47. The molecule has 9 nitrogen and oxygen atoms in total. The third-order valence-electron chi connectivity index (χ3n) is 6.52. The summed E-state index contributed by atoms with van der Waals surface area (Å²) in [5.41, 5.74) is 8.24. The number of nitrogen functional groups attached to an aromatic ring is 1. The Morgan fingerprint density at radius 3 is 2.17 bits per heavy atom. The molecule has 3 aromatic rings. The maximum atomic E-state index is 13.4. The molecule has 3 rings (SSSR count). The number of nitrogens with one attached hydrogen (secondary N) is 1. The average Bonchev–Trinajstić information content (AvgIpc) is 2.94. The van der Waals surface area contributed by atoms with Crippen LogP contribution in [0.3, 0.4) is 0 Å². The van der Waals surface area contributed by atoms with E-state index in [2.05, 4.69) is 10.3 Å². The standard InChI is InChI=1S/C30H41N5O4S/c1-24(2)20-35(40(38,39)29-13-11-27(31)12-14-29)28(23-36)10-6-7-17-33-30(37)34(21-25-8-4-3-5-9-25)22-26-15-18-32-19-16-26/h3-5,8-9,11-16,18-19,24,28,36H,6-7,10,17,20-23,31H2,1-2H3,(H,33,37)/t28-/m0/s1. The van der Waals surface area contributed by atoms with Gasteiger partial charge in [-0.05, 0) is 66.3 Å². The lowest BCUT2D eigenvalue weighted by atomic mass is 10.1. The van der Waals surface area contributed by atoms with Crippen LogP contribution in [-0.2, 0) is 23.1 Å². The SMILES string of the molecule is CC(C)CN([C@H](CO)CCCCNC(=O)N(Cc1ccccc1)Cc1ccncc1)S(=O)(=O)c1ccc(N)cc1. The zero-order valence-electron chi connectivity index (χ0n) is 23.3. The number of unbranched alkanes of at least 4 members (excludes halogenated alkanes) is 1. The van der Waals surface area contributed by atoms with Crippen molar-refractivity contribution in [2.75, 3.05) is 25.4 Å². The van der Waals surface area contributed by atoms with Crippen LogP contribution in [0.15, 0.2) is 84.0 Å². The van der Waals surface area contributed by atoms with Gasteiger partial charge in [0.1, 0.15) is 0 Å². The maximum absolute atomic E-state index is 13.4. The summed E-state index contributed by atoms with van der Waals surface area (Å²) >= 11 is 0. The van der Waals surface area contributed by atoms with Crippen LogP contribution in [0, 0.1) is 5.92 Å². The molecule has 0 fully saturated rings. The molecule has 0 saturated carbocycles. The molecular weight excluding hydrogens is 526 g/mol. The van der Waals surface area contributed by atoms with Crippen LogP contribution in [0.5, 0.6) is 0 Å². The molecule has 0 radical (unpaired) electrons. The number of nitrogens with zero attached hydrogens (tertiary/aromatic N) is 3. The number of hydrogen-bond donors (Lipinski definition) is 3. The van der Waals surface area contributed by atoms with E-state index in [1.165, 1.54) is 16.4 Å². The minimum atomic E-state index is -3.81. The van der Waals surface area contributed by atoms with Crippen LogP contribution in [0.25, 0.3) is 0 Å². The third-order valence-corrected chi connectivity index (χ3v) is 8.45. The number of nitrogens with two attached hydrogens (primary N) is 1. The summed E-state index contributed by atoms with van der Waals surface area (Å²) in [7, 11) is -3.81. The smallest absolute Gasteiger partial charge is 0.318 e. The fourth-order valence-electron chi connectivity index (χ4n) is 4.43. The monoisotopic (exact) mass is 567 g/mol. The van der Waals surface area contributed by atoms with Gasteiger partial charge in [0.15, 0.2) is 0 Å². The number of sulfonamides is 1. The summed E-state index contributed by atoms with van der Waals surface area (Å²) in [6.45, 7) is 5.25. The number of rotatable bonds is 15. The fourth-order valence-corrected chi connectivity index (χ4v) is 6.24. The number of carbonyl (C=O) groups excluding carboxylic acids is 1. The number of benzene rings is 2. The number of aliphatic hydroxyl groups excluding tert-OH is 1. The third kappa shape index (κ3) is 9.32. The zero-order valence-corrected chi connectivity index (χ0v) is 24.1. The van der Waals surface area contributed by atoms with E-state index >= 15 is 0 Å². The average molecular weight is 568 g/mol. The molecule has 0 spiro atoms. The van der Waals surface area contributed by atoms with E-state index in [-0.39, 0.29) is 30.0 Å². The summed E-state index contributed by atoms with van der Waals surface area (Å²) in [6.07, 6.45) is 5.18. The lowest BCUT2D eigenvalue weighted by molar-refractivity contribution is 0.167. The van der Waals surface area contributed by atoms with Crippen LogP contribution in [0.4, 0.5) is 10.5 Å². The number of amides is 2. The van der Waals surface area contributed by atoms with Gasteiger partial charge < -0.3 is 21.1 Å². The molecule has 0 bridgehead atoms. The van der Waals surface area contributed by atoms with Crippen LogP contribution in [0.2, 0.25) is 0 Å². The minimum absolute atomic E-state index is 0.0767. The lowest BCUT2D eigenvalue weighted by Crippen LogP contribution is -2.44. The van der Waals surface area contributed by atoms with Crippen molar-refractivity contribution < 1.29 is 18.3 Å². The van der Waals surface area contributed by atoms with Gasteiger partial charge in [-0.1, -0.05) is 50.6 Å². The molecule has 0 unspecified atom stereocenters. The highest BCUT2D eigenvalue weighted by Gasteiger charge is 2.31. The molecule has 216 valence electrons. The Morgan fingerprint density at radius 2 is 1.57 bits per heavy atom. The van der Waals surface area contributed by atoms with Gasteiger partial charge in [-0.3, -0.25) is 4.98 Å². The molecule has 0 saturated heterocycles. The normalized spacial score (nSPS) is 12.4. The van der Waals surface area contributed by atoms with Crippen LogP contribution in [0.1, 0.15) is 44.2 Å². The number of hydrogen-bond acceptors (Lipinski definition) is 6. The molecule has 2 amide bonds. The minimum Gasteiger partial charge on any atom is -0.399 e. The first-order valence-corrected chi connectivity index (χ1v) is 15.1. The van der Waals surface area contributed by atoms with Gasteiger partial charge >= 0.3 is 6.03 Å². The van der Waals surface area contributed by atoms with E-state index in [9.17, 15) is 18.3 Å². The summed E-state index contributed by atoms with van der Waals surface area (Å²) in [5.74, 6) is 0.0767. The quantitative estimate of drug-likeness (QED) is 0.186. The van der Waals surface area contributed by atoms with E-state index in [1.807, 2.05) is 56.3 Å². The molecule has 0 aliphatic heterocycles. The summed E-state index contributed by atoms with van der Waals surface area (Å²) in [4.78, 5) is 19.1. The van der Waals surface area contributed by atoms with E-state index in [4.69, 9.17) is 5.73 Å². The van der Waals surface area contributed by atoms with Gasteiger partial charge in [0.2, 0.25) is 10.0 Å². The topological polar surface area (TPSA) is 129 Å². The number of aliphatic hydroxyl groups is 1. The number of carbonyl (C=O) groups is 1. The highest BCUT2D eigenvalue weighted by molar-refractivity contribution is 7.89. The lowest BCUT2D eigenvalue weighted by Gasteiger charge is -2.31. The molecule has 0 aliphatic rings. The Labute approximate surface area is 238 Å². The van der Waals surface area contributed by atoms with Crippen molar-refractivity contribution in [3.05, 3.63) is 90.3 Å². The number of anilines is 1. The Kier molecular flexibility index (Phi) is 11.9. The predicted molar refractivity (Wildman–Crippen MR) is 158 cm³/mol. The molecule has 10 heteroatoms. The molecule has 40 heavy (non-hydrogen) atoms. The van der Waals surface area contributed by atoms with Crippen LogP contribution >= 0.6 is 0 Å². The van der Waals surface area contributed by atoms with Crippen molar-refractivity contribution in [1.29, 1.82) is 0 Å². The summed E-state index contributed by atoms with van der Waals surface area (Å²) in [6, 6.07) is 19.0. The summed E-state index contributed by atoms with van der Waals surface area (Å²) < 4.78 is 28.3. The molecule has 1 aromatic heterocycles. The molecule has 0 aliphatic carbocycles. The Morgan fingerprint density at radius 1 is 0.950 bits per heavy atom. The molecule has 4 N–H and O–H groups in total. The largest absolute Gasteiger partial charge is 0.399 e. The molecule has 2 aromatic carbocycles. The van der Waals surface area contributed by atoms with Gasteiger partial charge in [-0.2, -0.15) is 4.31 Å². The van der Waals surface area contributed by atoms with Crippen molar-refractivity contribution >= 4 is 21.7 Å². The van der Waals surface area contributed by atoms with Gasteiger partial charge in [-0.25, -0.2) is 13.2 Å². The second kappa shape index (κ2) is 15.4. The Balaban J connectivity index is 1.58. The predicted octanol–water partition coefficient (Wildman–Crippen LogP) is 4.25. The van der Waals surface area contributed by atoms with Gasteiger partial charge in [0.05, 0.1) is 11.5 Å². The van der Waals surface area contributed by atoms with E-state index in [0.29, 0.717) is 44.6 Å². The van der Waals surface area contributed by atoms with Crippen molar-refractivity contribution in [1.82, 2.24) is 19.5 Å². The summed E-state index contributed by atoms with van der Waals surface area (Å²) in [5, 5.41) is 13.2. The van der Waals surface area contributed by atoms with Gasteiger partial charge in [0, 0.05) is 50.3 Å². The highest BCUT2D eigenvalue weighted by Crippen LogP contribution is 2.23. The van der Waals surface area contributed by atoms with Gasteiger partial charge in [0.25, 0.3) is 0 Å². The molecule has 1 heterocycles. The maximum Gasteiger partial charge on any atom is 0.318 e. The van der Waals surface area contributed by atoms with Gasteiger partial charge in [-0.15, -0.1) is 0 Å². The highest BCUT2D eigenvalue weighted by atomic mass is 32.2. The van der Waals surface area contributed by atoms with Crippen molar-refractivity contribution in [3.8, 4) is 0 Å². The van der Waals surface area contributed by atoms with Crippen LogP contribution < -0.4 is 11.1 Å². The second-order valence-electron chi connectivity index (χ2n) is 10.3. The van der Waals surface area contributed by atoms with Crippen molar-refractivity contribution in [2.45, 2.75) is 57.1 Å². The first kappa shape index (κ1) is 31.1. The first-order chi connectivity index (χ1) is 19.2. The number of aromatic nitrogens is 1. The number of urea groups is 1. The van der Waals surface area contributed by atoms with Crippen molar-refractivity contribution in [2.24, 2.45) is 5.92 Å². The molecular formula is C30H41N5O4S. The van der Waals surface area contributed by atoms with Crippen molar-refractivity contribution in [3.63, 3.8) is 0 Å². The van der Waals surface area contributed by atoms with E-state index in [0.717, 1.165) is 11.1 Å². The molecule has 1 atom stereocenters. The Bertz CT molecular complexity index is 1230. The van der Waals surface area contributed by atoms with E-state index in [1.54, 1.807) is 29.4 Å².